The summed E-state index contributed by atoms with van der Waals surface area (Å²) in [5.41, 5.74) is 0. The number of hydrogen-bond donors (Lipinski definition) is 1. The fourth-order valence-corrected chi connectivity index (χ4v) is 3.41. The van der Waals surface area contributed by atoms with E-state index in [-0.39, 0.29) is 23.9 Å². The maximum atomic E-state index is 12.2. The fraction of sp³-hybridized carbons (Fsp3) is 0.769. The molecule has 0 saturated heterocycles. The molecule has 0 aromatic rings. The van der Waals surface area contributed by atoms with Crippen LogP contribution in [0.15, 0.2) is 12.2 Å². The van der Waals surface area contributed by atoms with E-state index in [0.717, 1.165) is 19.3 Å². The summed E-state index contributed by atoms with van der Waals surface area (Å²) in [5, 5.41) is 2.94. The first kappa shape index (κ1) is 16.0. The molecule has 1 N–H and O–H groups in total. The van der Waals surface area contributed by atoms with E-state index in [9.17, 15) is 13.2 Å². The Bertz CT molecular complexity index is 431. The Morgan fingerprint density at radius 3 is 2.68 bits per heavy atom. The molecule has 0 aromatic heterocycles. The molecule has 0 saturated carbocycles. The van der Waals surface area contributed by atoms with Crippen molar-refractivity contribution >= 4 is 15.9 Å². The van der Waals surface area contributed by atoms with Crippen LogP contribution in [0.25, 0.3) is 0 Å². The molecular formula is C13H24N2O3S. The lowest BCUT2D eigenvalue weighted by Gasteiger charge is -2.30. The average Bonchev–Trinajstić information content (AvgIpc) is 2.28. The molecule has 2 amide bonds. The molecule has 0 radical (unpaired) electrons. The van der Waals surface area contributed by atoms with Gasteiger partial charge in [0, 0.05) is 24.9 Å². The van der Waals surface area contributed by atoms with Crippen LogP contribution >= 0.6 is 0 Å². The third-order valence-electron chi connectivity index (χ3n) is 3.24. The van der Waals surface area contributed by atoms with Gasteiger partial charge in [0.05, 0.1) is 5.75 Å². The number of urea groups is 1. The van der Waals surface area contributed by atoms with Crippen LogP contribution in [0.1, 0.15) is 33.1 Å². The molecule has 1 aliphatic carbocycles. The van der Waals surface area contributed by atoms with E-state index < -0.39 is 9.84 Å². The number of carbonyl (C=O) groups excluding carboxylic acids is 1. The minimum atomic E-state index is -3.08. The van der Waals surface area contributed by atoms with E-state index in [1.165, 1.54) is 6.26 Å². The molecule has 0 aromatic carbocycles. The molecule has 0 unspecified atom stereocenters. The van der Waals surface area contributed by atoms with Gasteiger partial charge in [-0.2, -0.15) is 0 Å². The van der Waals surface area contributed by atoms with E-state index >= 15 is 0 Å². The molecule has 19 heavy (non-hydrogen) atoms. The highest BCUT2D eigenvalue weighted by Gasteiger charge is 2.23. The smallest absolute Gasteiger partial charge is 0.318 e. The second-order valence-electron chi connectivity index (χ2n) is 5.14. The molecule has 0 fully saturated rings. The summed E-state index contributed by atoms with van der Waals surface area (Å²) in [6.45, 7) is 4.12. The summed E-state index contributed by atoms with van der Waals surface area (Å²) in [4.78, 5) is 13.7. The number of allylic oxidation sites excluding steroid dienone is 1. The number of nitrogens with zero attached hydrogens (tertiary/aromatic N) is 1. The zero-order chi connectivity index (χ0) is 14.5. The summed E-state index contributed by atoms with van der Waals surface area (Å²) in [5.74, 6) is -0.00519. The Hall–Kier alpha value is -1.04. The summed E-state index contributed by atoms with van der Waals surface area (Å²) in [7, 11) is -3.08. The number of carbonyl (C=O) groups is 1. The van der Waals surface area contributed by atoms with Crippen molar-refractivity contribution in [2.75, 3.05) is 18.6 Å². The molecule has 1 rings (SSSR count). The monoisotopic (exact) mass is 288 g/mol. The van der Waals surface area contributed by atoms with Gasteiger partial charge in [0.25, 0.3) is 0 Å². The van der Waals surface area contributed by atoms with Crippen molar-refractivity contribution in [3.63, 3.8) is 0 Å². The Labute approximate surface area is 116 Å². The highest BCUT2D eigenvalue weighted by molar-refractivity contribution is 7.90. The Balaban J connectivity index is 2.60. The van der Waals surface area contributed by atoms with Crippen LogP contribution in [-0.2, 0) is 9.84 Å². The van der Waals surface area contributed by atoms with Gasteiger partial charge >= 0.3 is 6.03 Å². The normalized spacial score (nSPS) is 20.9. The van der Waals surface area contributed by atoms with E-state index in [2.05, 4.69) is 11.4 Å². The van der Waals surface area contributed by atoms with Gasteiger partial charge in [0.1, 0.15) is 9.84 Å². The topological polar surface area (TPSA) is 66.5 Å². The minimum Gasteiger partial charge on any atom is -0.332 e. The van der Waals surface area contributed by atoms with E-state index in [1.54, 1.807) is 11.8 Å². The predicted octanol–water partition coefficient (Wildman–Crippen LogP) is 1.56. The van der Waals surface area contributed by atoms with Crippen molar-refractivity contribution < 1.29 is 13.2 Å². The lowest BCUT2D eigenvalue weighted by molar-refractivity contribution is 0.184. The average molecular weight is 288 g/mol. The molecule has 0 bridgehead atoms. The maximum Gasteiger partial charge on any atom is 0.318 e. The quantitative estimate of drug-likeness (QED) is 0.781. The Morgan fingerprint density at radius 1 is 1.53 bits per heavy atom. The van der Waals surface area contributed by atoms with Gasteiger partial charge in [-0.3, -0.25) is 0 Å². The number of sulfone groups is 1. The van der Waals surface area contributed by atoms with Crippen LogP contribution in [0, 0.1) is 0 Å². The molecule has 5 nitrogen and oxygen atoms in total. The van der Waals surface area contributed by atoms with Crippen molar-refractivity contribution in [2.24, 2.45) is 0 Å². The first-order chi connectivity index (χ1) is 8.83. The summed E-state index contributed by atoms with van der Waals surface area (Å²) < 4.78 is 22.6. The van der Waals surface area contributed by atoms with Gasteiger partial charge in [-0.25, -0.2) is 13.2 Å². The molecule has 110 valence electrons. The molecular weight excluding hydrogens is 264 g/mol. The molecule has 0 aliphatic heterocycles. The van der Waals surface area contributed by atoms with Gasteiger partial charge < -0.3 is 10.2 Å². The van der Waals surface area contributed by atoms with Gasteiger partial charge in [-0.05, 0) is 33.1 Å². The summed E-state index contributed by atoms with van der Waals surface area (Å²) in [6.07, 6.45) is 8.36. The molecule has 6 heteroatoms. The highest BCUT2D eigenvalue weighted by atomic mass is 32.2. The minimum absolute atomic E-state index is 0.00519. The SMILES string of the molecule is CCN(C(=O)N[C@@H]1C=CCCC1)[C@H](C)CS(C)(=O)=O. The maximum absolute atomic E-state index is 12.2. The number of hydrogen-bond acceptors (Lipinski definition) is 3. The Kier molecular flexibility index (Phi) is 5.85. The molecule has 0 spiro atoms. The standard InChI is InChI=1S/C13H24N2O3S/c1-4-15(11(2)10-19(3,17)18)13(16)14-12-8-6-5-7-9-12/h6,8,11-12H,4-5,7,9-10H2,1-3H3,(H,14,16)/t11-,12-/m1/s1. The van der Waals surface area contributed by atoms with Crippen molar-refractivity contribution in [2.45, 2.75) is 45.2 Å². The van der Waals surface area contributed by atoms with Crippen LogP contribution in [0.4, 0.5) is 4.79 Å². The summed E-state index contributed by atoms with van der Waals surface area (Å²) in [6, 6.07) is -0.427. The third kappa shape index (κ3) is 5.63. The van der Waals surface area contributed by atoms with Crippen LogP contribution in [-0.4, -0.2) is 50.0 Å². The zero-order valence-corrected chi connectivity index (χ0v) is 12.7. The molecule has 2 atom stereocenters. The number of nitrogens with one attached hydrogen (secondary N) is 1. The van der Waals surface area contributed by atoms with Gasteiger partial charge in [-0.15, -0.1) is 0 Å². The third-order valence-corrected chi connectivity index (χ3v) is 4.33. The van der Waals surface area contributed by atoms with Crippen molar-refractivity contribution in [1.29, 1.82) is 0 Å². The van der Waals surface area contributed by atoms with Crippen LogP contribution in [0.2, 0.25) is 0 Å². The van der Waals surface area contributed by atoms with E-state index in [1.807, 2.05) is 13.0 Å². The van der Waals surface area contributed by atoms with Gasteiger partial charge in [0.2, 0.25) is 0 Å². The van der Waals surface area contributed by atoms with E-state index in [0.29, 0.717) is 6.54 Å². The zero-order valence-electron chi connectivity index (χ0n) is 11.9. The van der Waals surface area contributed by atoms with Crippen LogP contribution in [0.3, 0.4) is 0 Å². The lowest BCUT2D eigenvalue weighted by Crippen LogP contribution is -2.50. The number of rotatable bonds is 5. The highest BCUT2D eigenvalue weighted by Crippen LogP contribution is 2.11. The first-order valence-electron chi connectivity index (χ1n) is 6.75. The molecule has 0 heterocycles. The van der Waals surface area contributed by atoms with Crippen molar-refractivity contribution in [3.05, 3.63) is 12.2 Å². The van der Waals surface area contributed by atoms with Crippen molar-refractivity contribution in [1.82, 2.24) is 10.2 Å². The van der Waals surface area contributed by atoms with E-state index in [4.69, 9.17) is 0 Å². The second-order valence-corrected chi connectivity index (χ2v) is 7.33. The van der Waals surface area contributed by atoms with Crippen molar-refractivity contribution in [3.8, 4) is 0 Å². The Morgan fingerprint density at radius 2 is 2.21 bits per heavy atom. The number of amides is 2. The summed E-state index contributed by atoms with van der Waals surface area (Å²) >= 11 is 0. The second kappa shape index (κ2) is 6.93. The predicted molar refractivity (Wildman–Crippen MR) is 76.9 cm³/mol. The van der Waals surface area contributed by atoms with Gasteiger partial charge in [-0.1, -0.05) is 12.2 Å². The fourth-order valence-electron chi connectivity index (χ4n) is 2.36. The largest absolute Gasteiger partial charge is 0.332 e. The lowest BCUT2D eigenvalue weighted by atomic mass is 10.0. The molecule has 1 aliphatic rings. The van der Waals surface area contributed by atoms with Crippen LogP contribution < -0.4 is 5.32 Å². The van der Waals surface area contributed by atoms with Gasteiger partial charge in [0.15, 0.2) is 0 Å². The first-order valence-corrected chi connectivity index (χ1v) is 8.81. The van der Waals surface area contributed by atoms with Crippen LogP contribution in [0.5, 0.6) is 0 Å².